The molecule has 0 fully saturated rings. The van der Waals surface area contributed by atoms with Crippen molar-refractivity contribution in [3.8, 4) is 11.5 Å². The van der Waals surface area contributed by atoms with Gasteiger partial charge in [-0.05, 0) is 43.5 Å². The van der Waals surface area contributed by atoms with Crippen molar-refractivity contribution in [3.63, 3.8) is 0 Å². The predicted octanol–water partition coefficient (Wildman–Crippen LogP) is 2.27. The Balaban J connectivity index is 0.000000357. The summed E-state index contributed by atoms with van der Waals surface area (Å²) in [4.78, 5) is 44.2. The van der Waals surface area contributed by atoms with E-state index in [1.165, 1.54) is 49.5 Å². The molecule has 0 radical (unpaired) electrons. The van der Waals surface area contributed by atoms with E-state index in [0.717, 1.165) is 24.0 Å². The lowest BCUT2D eigenvalue weighted by Crippen LogP contribution is -2.42. The summed E-state index contributed by atoms with van der Waals surface area (Å²) in [5.74, 6) is -0.711. The summed E-state index contributed by atoms with van der Waals surface area (Å²) >= 11 is 0. The molecule has 0 bridgehead atoms. The number of carboxylic acids is 1. The van der Waals surface area contributed by atoms with Crippen molar-refractivity contribution in [3.05, 3.63) is 44.1 Å². The number of aliphatic hydroxyl groups excluding tert-OH is 4. The van der Waals surface area contributed by atoms with Crippen LogP contribution in [0.25, 0.3) is 22.6 Å². The summed E-state index contributed by atoms with van der Waals surface area (Å²) in [6, 6.07) is 3.53. The number of H-pyrrole nitrogens is 1. The standard InChI is InChI=1S/C17H20N4O6.C12H24O2/c1-7-3-9-10(4-8(7)2)21(5-11(23)14(25)12(24)6-22)15-13(18-9)16(26)20-17(27)19-15;1-2-3-4-5-6-7-8-9-10-11-12(13)14/h3-4,11-12,14,22-25H,5-6H2,1-2H3,(H,20,26,27);2-11H2,1H3,(H,13,14)/t11-,12+,14-;/m0./s1. The van der Waals surface area contributed by atoms with Gasteiger partial charge in [0, 0.05) is 6.42 Å². The van der Waals surface area contributed by atoms with E-state index in [9.17, 15) is 29.7 Å². The minimum atomic E-state index is -1.64. The fourth-order valence-electron chi connectivity index (χ4n) is 4.48. The highest BCUT2D eigenvalue weighted by Gasteiger charge is 2.27. The average Bonchev–Trinajstić information content (AvgIpc) is 2.92. The number of aliphatic hydroxyl groups is 4. The van der Waals surface area contributed by atoms with Crippen molar-refractivity contribution in [1.82, 2.24) is 19.5 Å². The van der Waals surface area contributed by atoms with Gasteiger partial charge < -0.3 is 30.1 Å². The zero-order chi connectivity index (χ0) is 30.5. The zero-order valence-corrected chi connectivity index (χ0v) is 24.2. The highest BCUT2D eigenvalue weighted by Crippen LogP contribution is 2.24. The molecule has 0 saturated heterocycles. The number of hydrogen-bond acceptors (Lipinski definition) is 9. The third-order valence-corrected chi connectivity index (χ3v) is 7.06. The maximum atomic E-state index is 12.2. The number of rotatable bonds is 15. The predicted molar refractivity (Wildman–Crippen MR) is 155 cm³/mol. The van der Waals surface area contributed by atoms with Gasteiger partial charge in [0.05, 0.1) is 24.2 Å². The van der Waals surface area contributed by atoms with E-state index in [1.54, 1.807) is 12.1 Å². The van der Waals surface area contributed by atoms with E-state index < -0.39 is 42.1 Å². The van der Waals surface area contributed by atoms with Gasteiger partial charge >= 0.3 is 11.7 Å². The van der Waals surface area contributed by atoms with Gasteiger partial charge in [-0.25, -0.2) is 9.78 Å². The number of hydrogen-bond donors (Lipinski definition) is 6. The van der Waals surface area contributed by atoms with E-state index in [1.807, 2.05) is 13.8 Å². The smallest absolute Gasteiger partial charge is 0.349 e. The van der Waals surface area contributed by atoms with Crippen LogP contribution >= 0.6 is 0 Å². The van der Waals surface area contributed by atoms with Crippen molar-refractivity contribution in [2.75, 3.05) is 6.61 Å². The number of unbranched alkanes of at least 4 members (excludes halogenated alkanes) is 8. The minimum Gasteiger partial charge on any atom is -0.481 e. The second kappa shape index (κ2) is 16.9. The van der Waals surface area contributed by atoms with Gasteiger partial charge in [-0.1, -0.05) is 58.3 Å². The zero-order valence-electron chi connectivity index (χ0n) is 24.2. The molecule has 1 aromatic rings. The van der Waals surface area contributed by atoms with Crippen LogP contribution in [0.2, 0.25) is 0 Å². The van der Waals surface area contributed by atoms with E-state index >= 15 is 0 Å². The van der Waals surface area contributed by atoms with Crippen LogP contribution < -0.4 is 11.2 Å². The van der Waals surface area contributed by atoms with Crippen LogP contribution in [0.3, 0.4) is 0 Å². The Labute approximate surface area is 239 Å². The number of aromatic amines is 1. The molecule has 0 aromatic heterocycles. The van der Waals surface area contributed by atoms with Gasteiger partial charge in [0.1, 0.15) is 18.3 Å². The maximum absolute atomic E-state index is 12.2. The monoisotopic (exact) mass is 576 g/mol. The highest BCUT2D eigenvalue weighted by atomic mass is 16.4. The van der Waals surface area contributed by atoms with Gasteiger partial charge in [0.25, 0.3) is 5.56 Å². The summed E-state index contributed by atoms with van der Waals surface area (Å²) in [5, 5.41) is 47.2. The summed E-state index contributed by atoms with van der Waals surface area (Å²) in [7, 11) is 0. The molecule has 12 nitrogen and oxygen atoms in total. The van der Waals surface area contributed by atoms with Crippen LogP contribution in [0.5, 0.6) is 0 Å². The van der Waals surface area contributed by atoms with Crippen molar-refractivity contribution >= 4 is 17.0 Å². The summed E-state index contributed by atoms with van der Waals surface area (Å²) in [6.45, 7) is 4.96. The van der Waals surface area contributed by atoms with Gasteiger partial charge in [-0.15, -0.1) is 0 Å². The quantitative estimate of drug-likeness (QED) is 0.115. The largest absolute Gasteiger partial charge is 0.481 e. The number of carbonyl (C=O) groups is 1. The fraction of sp³-hybridized carbons (Fsp3) is 0.621. The van der Waals surface area contributed by atoms with Crippen molar-refractivity contribution in [2.24, 2.45) is 0 Å². The molecule has 0 amide bonds. The molecule has 2 aliphatic heterocycles. The van der Waals surface area contributed by atoms with E-state index in [-0.39, 0.29) is 18.1 Å². The molecule has 0 unspecified atom stereocenters. The van der Waals surface area contributed by atoms with Gasteiger partial charge in [-0.3, -0.25) is 14.6 Å². The molecule has 3 atom stereocenters. The number of benzene rings is 1. The number of aliphatic carboxylic acids is 1. The Bertz CT molecular complexity index is 1340. The first-order chi connectivity index (χ1) is 19.5. The van der Waals surface area contributed by atoms with Crippen LogP contribution in [-0.4, -0.2) is 75.9 Å². The molecule has 1 aromatic carbocycles. The third-order valence-electron chi connectivity index (χ3n) is 7.06. The average molecular weight is 577 g/mol. The molecule has 0 saturated carbocycles. The Morgan fingerprint density at radius 3 is 2.07 bits per heavy atom. The van der Waals surface area contributed by atoms with Crippen LogP contribution in [0.1, 0.15) is 82.3 Å². The van der Waals surface area contributed by atoms with Crippen LogP contribution in [0.15, 0.2) is 21.7 Å². The molecule has 2 aliphatic rings. The second-order valence-corrected chi connectivity index (χ2v) is 10.5. The Morgan fingerprint density at radius 1 is 0.902 bits per heavy atom. The lowest BCUT2D eigenvalue weighted by molar-refractivity contribution is -0.137. The van der Waals surface area contributed by atoms with Crippen molar-refractivity contribution in [2.45, 2.75) is 110 Å². The van der Waals surface area contributed by atoms with Crippen molar-refractivity contribution < 1.29 is 30.3 Å². The van der Waals surface area contributed by atoms with Crippen LogP contribution in [-0.2, 0) is 11.3 Å². The minimum absolute atomic E-state index is 0.0516. The molecule has 3 rings (SSSR count). The number of aromatic nitrogens is 4. The van der Waals surface area contributed by atoms with Crippen molar-refractivity contribution in [1.29, 1.82) is 0 Å². The number of aryl methyl sites for hydroxylation is 2. The molecule has 2 heterocycles. The van der Waals surface area contributed by atoms with Crippen LogP contribution in [0, 0.1) is 13.8 Å². The summed E-state index contributed by atoms with van der Waals surface area (Å²) in [6.07, 6.45) is 6.80. The van der Waals surface area contributed by atoms with Crippen LogP contribution in [0.4, 0.5) is 0 Å². The first kappa shape index (κ1) is 34.0. The molecule has 0 spiro atoms. The normalized spacial score (nSPS) is 13.5. The second-order valence-electron chi connectivity index (χ2n) is 10.5. The van der Waals surface area contributed by atoms with E-state index in [2.05, 4.69) is 21.9 Å². The summed E-state index contributed by atoms with van der Waals surface area (Å²) in [5.41, 5.74) is 1.11. The van der Waals surface area contributed by atoms with Gasteiger partial charge in [0.2, 0.25) is 0 Å². The molecular formula is C29H44N4O8. The number of nitrogens with zero attached hydrogens (tertiary/aromatic N) is 3. The first-order valence-corrected chi connectivity index (χ1v) is 14.3. The summed E-state index contributed by atoms with van der Waals surface area (Å²) < 4.78 is 1.40. The molecule has 12 heteroatoms. The Hall–Kier alpha value is -3.19. The highest BCUT2D eigenvalue weighted by molar-refractivity contribution is 5.81. The topological polar surface area (TPSA) is 199 Å². The lowest BCUT2D eigenvalue weighted by Gasteiger charge is -2.25. The van der Waals surface area contributed by atoms with Gasteiger partial charge in [0.15, 0.2) is 11.5 Å². The molecule has 6 N–H and O–H groups in total. The maximum Gasteiger partial charge on any atom is 0.349 e. The SMILES string of the molecule is CCCCCCCCCCCC(=O)O.Cc1cc2nc3c(=O)[nH]c(=O)nc-3n(C[C@H](O)[C@H](O)[C@H](O)CO)c2cc1C. The lowest BCUT2D eigenvalue weighted by atomic mass is 10.1. The molecule has 228 valence electrons. The number of carboxylic acid groups (broad SMARTS) is 1. The fourth-order valence-corrected chi connectivity index (χ4v) is 4.48. The number of fused-ring (bicyclic) bond motifs is 2. The molecular weight excluding hydrogens is 532 g/mol. The van der Waals surface area contributed by atoms with Gasteiger partial charge in [-0.2, -0.15) is 4.98 Å². The first-order valence-electron chi connectivity index (χ1n) is 14.3. The molecule has 41 heavy (non-hydrogen) atoms. The van der Waals surface area contributed by atoms with E-state index in [0.29, 0.717) is 17.5 Å². The Kier molecular flexibility index (Phi) is 14.0. The number of nitrogens with one attached hydrogen (secondary N) is 1. The molecule has 0 aliphatic carbocycles. The van der Waals surface area contributed by atoms with E-state index in [4.69, 9.17) is 10.2 Å². The third kappa shape index (κ3) is 10.3. The Morgan fingerprint density at radius 2 is 1.49 bits per heavy atom.